The number of ether oxygens (including phenoxy) is 2. The number of esters is 1. The van der Waals surface area contributed by atoms with Crippen LogP contribution in [0.5, 0.6) is 11.5 Å². The third-order valence-corrected chi connectivity index (χ3v) is 6.59. The summed E-state index contributed by atoms with van der Waals surface area (Å²) in [4.78, 5) is 12.6. The van der Waals surface area contributed by atoms with E-state index in [0.29, 0.717) is 23.1 Å². The summed E-state index contributed by atoms with van der Waals surface area (Å²) in [6, 6.07) is 1.53. The van der Waals surface area contributed by atoms with Gasteiger partial charge in [-0.25, -0.2) is 4.79 Å². The van der Waals surface area contributed by atoms with Crippen LogP contribution in [0.25, 0.3) is 0 Å². The van der Waals surface area contributed by atoms with E-state index >= 15 is 0 Å². The molecule has 6 nitrogen and oxygen atoms in total. The van der Waals surface area contributed by atoms with Crippen LogP contribution in [0, 0.1) is 12.8 Å². The second kappa shape index (κ2) is 4.24. The average molecular weight is 334 g/mol. The van der Waals surface area contributed by atoms with Gasteiger partial charge in [-0.2, -0.15) is 0 Å². The number of rotatable bonds is 2. The third kappa shape index (κ3) is 1.32. The number of benzene rings is 1. The lowest BCUT2D eigenvalue weighted by Crippen LogP contribution is -2.69. The summed E-state index contributed by atoms with van der Waals surface area (Å²) in [5.74, 6) is -2.29. The van der Waals surface area contributed by atoms with Gasteiger partial charge in [0.05, 0.1) is 11.5 Å². The van der Waals surface area contributed by atoms with Crippen LogP contribution in [0.4, 0.5) is 0 Å². The average Bonchev–Trinajstić information content (AvgIpc) is 2.64. The molecule has 0 spiro atoms. The number of hydrogen-bond acceptors (Lipinski definition) is 6. The molecular weight excluding hydrogens is 312 g/mol. The Balaban J connectivity index is 2.10. The van der Waals surface area contributed by atoms with Crippen LogP contribution < -0.4 is 0 Å². The molecule has 5 rings (SSSR count). The van der Waals surface area contributed by atoms with Gasteiger partial charge in [-0.15, -0.1) is 0 Å². The molecule has 4 bridgehead atoms. The maximum atomic E-state index is 12.6. The highest BCUT2D eigenvalue weighted by molar-refractivity contribution is 5.88. The molecule has 6 heteroatoms. The highest BCUT2D eigenvalue weighted by atomic mass is 16.7. The summed E-state index contributed by atoms with van der Waals surface area (Å²) in [6.07, 6.45) is 0.0578. The van der Waals surface area contributed by atoms with Crippen molar-refractivity contribution in [3.63, 3.8) is 0 Å². The zero-order valence-electron chi connectivity index (χ0n) is 14.2. The number of carbonyl (C=O) groups excluding carboxylic acids is 1. The number of carbonyl (C=O) groups is 1. The van der Waals surface area contributed by atoms with Crippen molar-refractivity contribution in [3.8, 4) is 11.5 Å². The summed E-state index contributed by atoms with van der Waals surface area (Å²) in [5.41, 5.74) is -1.52. The molecule has 2 fully saturated rings. The second-order valence-electron chi connectivity index (χ2n) is 7.49. The molecule has 1 aromatic carbocycles. The Morgan fingerprint density at radius 1 is 1.42 bits per heavy atom. The fourth-order valence-electron chi connectivity index (χ4n) is 4.83. The highest BCUT2D eigenvalue weighted by Crippen LogP contribution is 2.69. The van der Waals surface area contributed by atoms with E-state index in [1.54, 1.807) is 13.8 Å². The molecule has 2 saturated heterocycles. The first kappa shape index (κ1) is 15.7. The van der Waals surface area contributed by atoms with Gasteiger partial charge in [0.2, 0.25) is 5.79 Å². The summed E-state index contributed by atoms with van der Waals surface area (Å²) < 4.78 is 11.9. The van der Waals surface area contributed by atoms with Crippen LogP contribution in [-0.4, -0.2) is 32.7 Å². The van der Waals surface area contributed by atoms with Gasteiger partial charge in [0.25, 0.3) is 0 Å². The minimum absolute atomic E-state index is 0.0330. The van der Waals surface area contributed by atoms with Crippen LogP contribution >= 0.6 is 0 Å². The van der Waals surface area contributed by atoms with Crippen LogP contribution in [0.2, 0.25) is 0 Å². The molecule has 1 aromatic rings. The number of phenolic OH excluding ortho intramolecular Hbond substituents is 2. The normalized spacial score (nSPS) is 40.4. The zero-order chi connectivity index (χ0) is 17.7. The summed E-state index contributed by atoms with van der Waals surface area (Å²) in [6.45, 7) is 7.22. The van der Waals surface area contributed by atoms with E-state index in [2.05, 4.69) is 0 Å². The van der Waals surface area contributed by atoms with Crippen molar-refractivity contribution in [2.75, 3.05) is 0 Å². The molecule has 130 valence electrons. The summed E-state index contributed by atoms with van der Waals surface area (Å²) in [5, 5.41) is 32.0. The van der Waals surface area contributed by atoms with Gasteiger partial charge in [0.1, 0.15) is 11.5 Å². The first-order valence-electron chi connectivity index (χ1n) is 8.33. The SMILES string of the molecule is CC[C@@H](C)[C@]12OC(=O)[C@@]3(O)C[C@@H](O1)c1c(cc(O)c(C)c1O)[C@@]23C. The Hall–Kier alpha value is -1.79. The predicted molar refractivity (Wildman–Crippen MR) is 83.5 cm³/mol. The Morgan fingerprint density at radius 3 is 2.71 bits per heavy atom. The minimum Gasteiger partial charge on any atom is -0.508 e. The molecule has 4 aliphatic rings. The quantitative estimate of drug-likeness (QED) is 0.717. The Morgan fingerprint density at radius 2 is 2.08 bits per heavy atom. The van der Waals surface area contributed by atoms with E-state index < -0.39 is 28.9 Å². The lowest BCUT2D eigenvalue weighted by Gasteiger charge is -2.58. The fourth-order valence-corrected chi connectivity index (χ4v) is 4.83. The van der Waals surface area contributed by atoms with Gasteiger partial charge in [0, 0.05) is 23.5 Å². The molecule has 3 N–H and O–H groups in total. The molecule has 0 amide bonds. The van der Waals surface area contributed by atoms with Gasteiger partial charge >= 0.3 is 5.97 Å². The minimum atomic E-state index is -1.74. The van der Waals surface area contributed by atoms with Crippen molar-refractivity contribution >= 4 is 5.97 Å². The van der Waals surface area contributed by atoms with E-state index in [4.69, 9.17) is 9.47 Å². The lowest BCUT2D eigenvalue weighted by molar-refractivity contribution is -0.319. The monoisotopic (exact) mass is 334 g/mol. The van der Waals surface area contributed by atoms with Crippen LogP contribution in [0.15, 0.2) is 6.07 Å². The molecule has 3 aliphatic heterocycles. The topological polar surface area (TPSA) is 96.2 Å². The van der Waals surface area contributed by atoms with E-state index in [1.165, 1.54) is 6.07 Å². The van der Waals surface area contributed by atoms with Crippen LogP contribution in [-0.2, 0) is 19.7 Å². The van der Waals surface area contributed by atoms with Crippen molar-refractivity contribution in [1.82, 2.24) is 0 Å². The third-order valence-electron chi connectivity index (χ3n) is 6.59. The zero-order valence-corrected chi connectivity index (χ0v) is 14.2. The molecule has 0 aromatic heterocycles. The molecule has 1 aliphatic carbocycles. The molecule has 0 radical (unpaired) electrons. The highest BCUT2D eigenvalue weighted by Gasteiger charge is 2.81. The van der Waals surface area contributed by atoms with Crippen LogP contribution in [0.1, 0.15) is 56.4 Å². The summed E-state index contributed by atoms with van der Waals surface area (Å²) in [7, 11) is 0. The van der Waals surface area contributed by atoms with Gasteiger partial charge in [-0.1, -0.05) is 13.8 Å². The molecule has 0 saturated carbocycles. The van der Waals surface area contributed by atoms with Crippen molar-refractivity contribution in [2.45, 2.75) is 63.4 Å². The first-order valence-corrected chi connectivity index (χ1v) is 8.33. The van der Waals surface area contributed by atoms with Gasteiger partial charge < -0.3 is 24.8 Å². The second-order valence-corrected chi connectivity index (χ2v) is 7.49. The smallest absolute Gasteiger partial charge is 0.341 e. The fraction of sp³-hybridized carbons (Fsp3) is 0.611. The lowest BCUT2D eigenvalue weighted by atomic mass is 9.53. The number of aromatic hydroxyl groups is 2. The van der Waals surface area contributed by atoms with E-state index in [9.17, 15) is 20.1 Å². The number of hydrogen-bond donors (Lipinski definition) is 3. The predicted octanol–water partition coefficient (Wildman–Crippen LogP) is 2.17. The van der Waals surface area contributed by atoms with Crippen LogP contribution in [0.3, 0.4) is 0 Å². The molecule has 0 unspecified atom stereocenters. The maximum Gasteiger partial charge on any atom is 0.341 e. The van der Waals surface area contributed by atoms with Crippen molar-refractivity contribution in [2.24, 2.45) is 5.92 Å². The number of aliphatic hydroxyl groups is 1. The van der Waals surface area contributed by atoms with Crippen molar-refractivity contribution in [3.05, 3.63) is 22.8 Å². The molecule has 24 heavy (non-hydrogen) atoms. The van der Waals surface area contributed by atoms with Gasteiger partial charge in [-0.05, 0) is 31.9 Å². The van der Waals surface area contributed by atoms with E-state index in [1.807, 2.05) is 13.8 Å². The van der Waals surface area contributed by atoms with E-state index in [0.717, 1.165) is 0 Å². The Labute approximate surface area is 140 Å². The Kier molecular flexibility index (Phi) is 2.78. The Bertz CT molecular complexity index is 773. The first-order chi connectivity index (χ1) is 11.1. The molecule has 5 atom stereocenters. The summed E-state index contributed by atoms with van der Waals surface area (Å²) >= 11 is 0. The largest absolute Gasteiger partial charge is 0.508 e. The van der Waals surface area contributed by atoms with E-state index in [-0.39, 0.29) is 23.8 Å². The van der Waals surface area contributed by atoms with Crippen molar-refractivity contribution in [1.29, 1.82) is 0 Å². The molecule has 3 heterocycles. The van der Waals surface area contributed by atoms with Crippen molar-refractivity contribution < 1.29 is 29.6 Å². The number of phenols is 2. The standard InChI is InChI=1S/C18H22O6/c1-5-8(2)18-16(4)10-6-11(19)9(3)14(20)13(10)12(23-18)7-17(16,22)15(21)24-18/h6,8,12,19-20,22H,5,7H2,1-4H3/t8-,12-,16-,17+,18-/m1/s1. The van der Waals surface area contributed by atoms with Gasteiger partial charge in [0.15, 0.2) is 5.60 Å². The maximum absolute atomic E-state index is 12.6. The van der Waals surface area contributed by atoms with Gasteiger partial charge in [-0.3, -0.25) is 0 Å². The molecular formula is C18H22O6.